The Balaban J connectivity index is 1.56. The zero-order valence-electron chi connectivity index (χ0n) is 13.4. The number of carbonyl (C=O) groups is 1. The zero-order chi connectivity index (χ0) is 16.8. The van der Waals surface area contributed by atoms with Crippen molar-refractivity contribution in [1.82, 2.24) is 20.6 Å². The van der Waals surface area contributed by atoms with Crippen molar-refractivity contribution in [2.45, 2.75) is 19.4 Å². The number of carbonyl (C=O) groups excluding carboxylic acids is 1. The van der Waals surface area contributed by atoms with Crippen molar-refractivity contribution in [2.75, 3.05) is 18.8 Å². The lowest BCUT2D eigenvalue weighted by Gasteiger charge is -2.21. The third kappa shape index (κ3) is 4.42. The molecule has 7 nitrogen and oxygen atoms in total. The summed E-state index contributed by atoms with van der Waals surface area (Å²) in [5.41, 5.74) is 6.30. The Morgan fingerprint density at radius 1 is 1.25 bits per heavy atom. The van der Waals surface area contributed by atoms with Gasteiger partial charge in [0.05, 0.1) is 18.4 Å². The molecular weight excluding hydrogens is 306 g/mol. The molecule has 4 N–H and O–H groups in total. The average molecular weight is 327 g/mol. The molecule has 0 saturated carbocycles. The number of nitrogens with one attached hydrogen (secondary N) is 2. The average Bonchev–Trinajstić information content (AvgIpc) is 2.63. The monoisotopic (exact) mass is 327 g/mol. The van der Waals surface area contributed by atoms with Crippen LogP contribution in [0, 0.1) is 5.92 Å². The van der Waals surface area contributed by atoms with E-state index in [-0.39, 0.29) is 11.8 Å². The maximum absolute atomic E-state index is 12.2. The van der Waals surface area contributed by atoms with Crippen LogP contribution in [0.15, 0.2) is 36.7 Å². The third-order valence-corrected chi connectivity index (χ3v) is 3.94. The van der Waals surface area contributed by atoms with Gasteiger partial charge in [0.2, 0.25) is 5.91 Å². The smallest absolute Gasteiger partial charge is 0.223 e. The number of amides is 1. The van der Waals surface area contributed by atoms with Crippen LogP contribution in [0.4, 0.5) is 5.82 Å². The normalized spacial score (nSPS) is 15.0. The molecule has 1 amide bonds. The lowest BCUT2D eigenvalue weighted by molar-refractivity contribution is -0.125. The van der Waals surface area contributed by atoms with Crippen LogP contribution < -0.4 is 21.1 Å². The molecule has 1 aliphatic rings. The topological polar surface area (TPSA) is 102 Å². The number of nitrogens with zero attached hydrogens (tertiary/aromatic N) is 2. The third-order valence-electron chi connectivity index (χ3n) is 3.94. The highest BCUT2D eigenvalue weighted by molar-refractivity contribution is 5.78. The van der Waals surface area contributed by atoms with Crippen molar-refractivity contribution in [1.29, 1.82) is 0 Å². The van der Waals surface area contributed by atoms with Gasteiger partial charge in [0.1, 0.15) is 17.3 Å². The van der Waals surface area contributed by atoms with Crippen molar-refractivity contribution in [3.05, 3.63) is 42.4 Å². The van der Waals surface area contributed by atoms with Gasteiger partial charge >= 0.3 is 0 Å². The minimum absolute atomic E-state index is 0.0894. The van der Waals surface area contributed by atoms with Gasteiger partial charge in [-0.1, -0.05) is 0 Å². The number of ether oxygens (including phenoxy) is 1. The first-order chi connectivity index (χ1) is 11.7. The van der Waals surface area contributed by atoms with Crippen molar-refractivity contribution >= 4 is 11.7 Å². The summed E-state index contributed by atoms with van der Waals surface area (Å²) in [6.45, 7) is 2.19. The molecule has 0 radical (unpaired) electrons. The van der Waals surface area contributed by atoms with E-state index in [2.05, 4.69) is 20.6 Å². The van der Waals surface area contributed by atoms with E-state index in [4.69, 9.17) is 10.5 Å². The molecule has 0 aliphatic carbocycles. The van der Waals surface area contributed by atoms with Crippen molar-refractivity contribution in [3.63, 3.8) is 0 Å². The van der Waals surface area contributed by atoms with Gasteiger partial charge in [0.25, 0.3) is 0 Å². The van der Waals surface area contributed by atoms with E-state index in [0.717, 1.165) is 31.6 Å². The maximum Gasteiger partial charge on any atom is 0.223 e. The zero-order valence-corrected chi connectivity index (χ0v) is 13.4. The van der Waals surface area contributed by atoms with Gasteiger partial charge in [-0.2, -0.15) is 0 Å². The van der Waals surface area contributed by atoms with Gasteiger partial charge in [0, 0.05) is 18.2 Å². The van der Waals surface area contributed by atoms with E-state index < -0.39 is 0 Å². The Morgan fingerprint density at radius 2 is 2.08 bits per heavy atom. The summed E-state index contributed by atoms with van der Waals surface area (Å²) in [6.07, 6.45) is 4.99. The first kappa shape index (κ1) is 16.2. The number of aromatic nitrogens is 2. The van der Waals surface area contributed by atoms with E-state index in [1.165, 1.54) is 0 Å². The van der Waals surface area contributed by atoms with Crippen molar-refractivity contribution < 1.29 is 9.53 Å². The lowest BCUT2D eigenvalue weighted by atomic mass is 9.97. The molecule has 126 valence electrons. The molecule has 1 fully saturated rings. The number of anilines is 1. The molecule has 0 spiro atoms. The van der Waals surface area contributed by atoms with Gasteiger partial charge in [-0.25, -0.2) is 4.98 Å². The number of hydrogen-bond acceptors (Lipinski definition) is 6. The second-order valence-electron chi connectivity index (χ2n) is 5.75. The molecule has 0 atom stereocenters. The molecule has 0 aromatic carbocycles. The number of hydrogen-bond donors (Lipinski definition) is 3. The van der Waals surface area contributed by atoms with Crippen LogP contribution in [0.3, 0.4) is 0 Å². The van der Waals surface area contributed by atoms with E-state index in [1.807, 2.05) is 0 Å². The van der Waals surface area contributed by atoms with Gasteiger partial charge in [-0.3, -0.25) is 9.78 Å². The van der Waals surface area contributed by atoms with Crippen LogP contribution in [0.5, 0.6) is 11.5 Å². The van der Waals surface area contributed by atoms with Crippen molar-refractivity contribution in [3.8, 4) is 11.5 Å². The molecule has 0 unspecified atom stereocenters. The molecule has 3 rings (SSSR count). The summed E-state index contributed by atoms with van der Waals surface area (Å²) in [5.74, 6) is 1.86. The predicted octanol–water partition coefficient (Wildman–Crippen LogP) is 1.47. The van der Waals surface area contributed by atoms with E-state index in [9.17, 15) is 4.79 Å². The van der Waals surface area contributed by atoms with Gasteiger partial charge in [-0.15, -0.1) is 0 Å². The van der Waals surface area contributed by atoms with Crippen molar-refractivity contribution in [2.24, 2.45) is 5.92 Å². The lowest BCUT2D eigenvalue weighted by Crippen LogP contribution is -2.37. The second-order valence-corrected chi connectivity index (χ2v) is 5.75. The number of piperidine rings is 1. The summed E-state index contributed by atoms with van der Waals surface area (Å²) >= 11 is 0. The number of rotatable bonds is 5. The standard InChI is InChI=1S/C17H21N5O2/c18-16-2-1-15(11-21-16)24-14-5-8-20-13(9-14)10-22-17(23)12-3-6-19-7-4-12/h1-2,5,8-9,11-12,19H,3-4,6-7,10H2,(H2,18,21)(H,22,23). The van der Waals surface area contributed by atoms with Crippen LogP contribution in [0.2, 0.25) is 0 Å². The van der Waals surface area contributed by atoms with Gasteiger partial charge in [-0.05, 0) is 44.1 Å². The van der Waals surface area contributed by atoms with Crippen LogP contribution >= 0.6 is 0 Å². The summed E-state index contributed by atoms with van der Waals surface area (Å²) in [5, 5.41) is 6.21. The Kier molecular flexibility index (Phi) is 5.22. The minimum atomic E-state index is 0.0894. The summed E-state index contributed by atoms with van der Waals surface area (Å²) in [7, 11) is 0. The first-order valence-corrected chi connectivity index (χ1v) is 8.03. The molecule has 7 heteroatoms. The molecule has 2 aromatic rings. The van der Waals surface area contributed by atoms with Gasteiger partial charge in [0.15, 0.2) is 0 Å². The second kappa shape index (κ2) is 7.74. The minimum Gasteiger partial charge on any atom is -0.456 e. The number of nitrogens with two attached hydrogens (primary N) is 1. The molecule has 2 aromatic heterocycles. The van der Waals surface area contributed by atoms with E-state index in [0.29, 0.717) is 23.9 Å². The Hall–Kier alpha value is -2.67. The molecule has 24 heavy (non-hydrogen) atoms. The van der Waals surface area contributed by atoms with Crippen LogP contribution in [-0.2, 0) is 11.3 Å². The Morgan fingerprint density at radius 3 is 2.83 bits per heavy atom. The maximum atomic E-state index is 12.2. The highest BCUT2D eigenvalue weighted by Gasteiger charge is 2.20. The molecular formula is C17H21N5O2. The quantitative estimate of drug-likeness (QED) is 0.768. The predicted molar refractivity (Wildman–Crippen MR) is 90.4 cm³/mol. The molecule has 3 heterocycles. The van der Waals surface area contributed by atoms with Crippen LogP contribution in [0.1, 0.15) is 18.5 Å². The van der Waals surface area contributed by atoms with Crippen LogP contribution in [0.25, 0.3) is 0 Å². The fourth-order valence-electron chi connectivity index (χ4n) is 2.61. The molecule has 1 saturated heterocycles. The Bertz CT molecular complexity index is 684. The highest BCUT2D eigenvalue weighted by Crippen LogP contribution is 2.21. The summed E-state index contributed by atoms with van der Waals surface area (Å²) in [6, 6.07) is 6.99. The Labute approximate surface area is 140 Å². The SMILES string of the molecule is Nc1ccc(Oc2ccnc(CNC(=O)C3CCNCC3)c2)cn1. The highest BCUT2D eigenvalue weighted by atomic mass is 16.5. The largest absolute Gasteiger partial charge is 0.456 e. The van der Waals surface area contributed by atoms with E-state index >= 15 is 0 Å². The van der Waals surface area contributed by atoms with Gasteiger partial charge < -0.3 is 21.1 Å². The first-order valence-electron chi connectivity index (χ1n) is 8.03. The summed E-state index contributed by atoms with van der Waals surface area (Å²) in [4.78, 5) is 20.4. The fraction of sp³-hybridized carbons (Fsp3) is 0.353. The fourth-order valence-corrected chi connectivity index (χ4v) is 2.61. The van der Waals surface area contributed by atoms with Crippen LogP contribution in [-0.4, -0.2) is 29.0 Å². The molecule has 1 aliphatic heterocycles. The number of pyridine rings is 2. The molecule has 0 bridgehead atoms. The van der Waals surface area contributed by atoms with E-state index in [1.54, 1.807) is 36.7 Å². The summed E-state index contributed by atoms with van der Waals surface area (Å²) < 4.78 is 5.72. The number of nitrogen functional groups attached to an aromatic ring is 1.